The van der Waals surface area contributed by atoms with E-state index in [0.717, 1.165) is 31.5 Å². The van der Waals surface area contributed by atoms with Crippen molar-refractivity contribution in [1.29, 1.82) is 0 Å². The van der Waals surface area contributed by atoms with Gasteiger partial charge in [0.2, 0.25) is 0 Å². The summed E-state index contributed by atoms with van der Waals surface area (Å²) in [7, 11) is 0. The molecular weight excluding hydrogens is 412 g/mol. The molecule has 0 radical (unpaired) electrons. The second-order valence-electron chi connectivity index (χ2n) is 11.4. The van der Waals surface area contributed by atoms with Gasteiger partial charge < -0.3 is 0 Å². The van der Waals surface area contributed by atoms with Gasteiger partial charge in [0.05, 0.1) is 17.8 Å². The van der Waals surface area contributed by atoms with E-state index in [1.54, 1.807) is 0 Å². The van der Waals surface area contributed by atoms with Crippen LogP contribution in [0, 0.1) is 34.5 Å². The molecule has 6 heteroatoms. The van der Waals surface area contributed by atoms with Gasteiger partial charge >= 0.3 is 11.4 Å². The predicted molar refractivity (Wildman–Crippen MR) is 122 cm³/mol. The Balaban J connectivity index is 1.16. The van der Waals surface area contributed by atoms with Crippen LogP contribution < -0.4 is 11.4 Å². The highest BCUT2D eigenvalue weighted by Gasteiger charge is 3.02. The zero-order valence-electron chi connectivity index (χ0n) is 18.4. The van der Waals surface area contributed by atoms with E-state index < -0.39 is 0 Å². The van der Waals surface area contributed by atoms with Crippen LogP contribution in [0.15, 0.2) is 70.3 Å². The fourth-order valence-corrected chi connectivity index (χ4v) is 10.1. The number of rotatable bonds is 3. The highest BCUT2D eigenvalue weighted by molar-refractivity contribution is 5.49. The Bertz CT molecular complexity index is 1390. The molecule has 4 saturated carbocycles. The molecule has 2 aromatic carbocycles. The second kappa shape index (κ2) is 5.27. The number of benzene rings is 2. The Hall–Kier alpha value is -2.86. The van der Waals surface area contributed by atoms with E-state index in [-0.39, 0.29) is 34.3 Å². The summed E-state index contributed by atoms with van der Waals surface area (Å²) in [6.07, 6.45) is 2.34. The lowest BCUT2D eigenvalue weighted by atomic mass is 9.69. The lowest BCUT2D eigenvalue weighted by molar-refractivity contribution is -0.00192. The maximum Gasteiger partial charge on any atom is 0.352 e. The summed E-state index contributed by atoms with van der Waals surface area (Å²) in [6.45, 7) is 3.19. The van der Waals surface area contributed by atoms with Crippen LogP contribution in [-0.4, -0.2) is 31.9 Å². The summed E-state index contributed by atoms with van der Waals surface area (Å²) in [5, 5.41) is 0. The fourth-order valence-electron chi connectivity index (χ4n) is 10.1. The first-order valence-corrected chi connectivity index (χ1v) is 12.5. The van der Waals surface area contributed by atoms with Crippen molar-refractivity contribution in [3.05, 3.63) is 87.2 Å². The summed E-state index contributed by atoms with van der Waals surface area (Å²) in [6, 6.07) is 20.7. The van der Waals surface area contributed by atoms with Crippen LogP contribution in [0.25, 0.3) is 5.69 Å². The van der Waals surface area contributed by atoms with Gasteiger partial charge in [0, 0.05) is 17.4 Å². The summed E-state index contributed by atoms with van der Waals surface area (Å²) in [5.41, 5.74) is 2.31. The summed E-state index contributed by atoms with van der Waals surface area (Å²) in [4.78, 5) is 30.0. The number of likely N-dealkylation sites (tertiary alicyclic amines) is 1. The van der Waals surface area contributed by atoms with Gasteiger partial charge in [-0.15, -0.1) is 0 Å². The van der Waals surface area contributed by atoms with Gasteiger partial charge in [-0.05, 0) is 67.3 Å². The van der Waals surface area contributed by atoms with Crippen molar-refractivity contribution in [1.82, 2.24) is 18.8 Å². The first-order chi connectivity index (χ1) is 16.2. The molecular formula is C27H26N4O2. The average molecular weight is 439 g/mol. The normalized spacial score (nSPS) is 42.5. The van der Waals surface area contributed by atoms with Crippen molar-refractivity contribution >= 4 is 0 Å². The monoisotopic (exact) mass is 438 g/mol. The van der Waals surface area contributed by atoms with E-state index in [0.29, 0.717) is 17.5 Å². The van der Waals surface area contributed by atoms with Crippen molar-refractivity contribution in [2.45, 2.75) is 31.5 Å². The van der Waals surface area contributed by atoms with Crippen LogP contribution >= 0.6 is 0 Å². The van der Waals surface area contributed by atoms with E-state index in [1.165, 1.54) is 23.0 Å². The first-order valence-electron chi connectivity index (χ1n) is 12.5. The summed E-state index contributed by atoms with van der Waals surface area (Å²) >= 11 is 0. The Labute approximate surface area is 191 Å². The quantitative estimate of drug-likeness (QED) is 0.632. The topological polar surface area (TPSA) is 52.2 Å². The van der Waals surface area contributed by atoms with E-state index in [9.17, 15) is 9.59 Å². The van der Waals surface area contributed by atoms with Gasteiger partial charge in [0.1, 0.15) is 0 Å². The molecule has 7 aliphatic rings. The molecule has 166 valence electrons. The molecule has 0 unspecified atom stereocenters. The minimum Gasteiger partial charge on any atom is -0.299 e. The van der Waals surface area contributed by atoms with Gasteiger partial charge in [-0.2, -0.15) is 0 Å². The molecule has 4 heterocycles. The standard InChI is InChI=1S/C27H26N4O2/c32-24-29(17-9-5-2-6-10-17)25(33)31-23-20-18-19(20)22(30(24)31)26-11-13-28(14-12-27(23,26)21(18)26)15-16-7-3-1-4-8-16/h1-10,18-23H,11-15H2/t18?,19-,20-,21?,22-,23-,26-,27-/m0/s1. The van der Waals surface area contributed by atoms with Gasteiger partial charge in [0.25, 0.3) is 0 Å². The van der Waals surface area contributed by atoms with Crippen molar-refractivity contribution in [2.24, 2.45) is 34.5 Å². The molecule has 33 heavy (non-hydrogen) atoms. The Kier molecular flexibility index (Phi) is 2.81. The van der Waals surface area contributed by atoms with Crippen molar-refractivity contribution in [3.8, 4) is 5.69 Å². The SMILES string of the molecule is O=c1n(-c2ccccc2)c(=O)n2n1[C@H]1[C@H]3C4C5[C@@]16CCN(Cc1ccccc1)CC[C@@]56[C@@H]2[C@@H]43. The predicted octanol–water partition coefficient (Wildman–Crippen LogP) is 2.68. The van der Waals surface area contributed by atoms with E-state index in [2.05, 4.69) is 35.2 Å². The first kappa shape index (κ1) is 17.6. The lowest BCUT2D eigenvalue weighted by Gasteiger charge is -2.47. The third-order valence-electron chi connectivity index (χ3n) is 10.7. The van der Waals surface area contributed by atoms with Crippen LogP contribution in [0.4, 0.5) is 0 Å². The van der Waals surface area contributed by atoms with E-state index in [1.807, 2.05) is 39.7 Å². The molecule has 3 aliphatic heterocycles. The van der Waals surface area contributed by atoms with E-state index in [4.69, 9.17) is 0 Å². The molecule has 0 amide bonds. The molecule has 2 spiro atoms. The molecule has 10 rings (SSSR count). The Morgan fingerprint density at radius 3 is 1.85 bits per heavy atom. The second-order valence-corrected chi connectivity index (χ2v) is 11.4. The highest BCUT2D eigenvalue weighted by atomic mass is 16.2. The molecule has 0 N–H and O–H groups in total. The molecule has 4 aliphatic carbocycles. The molecule has 5 fully saturated rings. The maximum atomic E-state index is 13.7. The van der Waals surface area contributed by atoms with Crippen LogP contribution in [0.1, 0.15) is 30.5 Å². The number of aromatic nitrogens is 3. The zero-order valence-corrected chi connectivity index (χ0v) is 18.4. The third-order valence-corrected chi connectivity index (χ3v) is 10.7. The highest BCUT2D eigenvalue weighted by Crippen LogP contribution is 3.03. The number of para-hydroxylation sites is 1. The average Bonchev–Trinajstić information content (AvgIpc) is 3.62. The minimum atomic E-state index is -0.119. The third kappa shape index (κ3) is 1.65. The van der Waals surface area contributed by atoms with E-state index >= 15 is 0 Å². The minimum absolute atomic E-state index is 0.119. The summed E-state index contributed by atoms with van der Waals surface area (Å²) in [5.74, 6) is 2.76. The molecule has 6 atom stereocenters. The number of nitrogens with zero attached hydrogens (tertiary/aromatic N) is 4. The van der Waals surface area contributed by atoms with Gasteiger partial charge in [-0.3, -0.25) is 4.90 Å². The molecule has 1 aromatic heterocycles. The maximum absolute atomic E-state index is 13.7. The molecule has 3 aromatic rings. The lowest BCUT2D eigenvalue weighted by Crippen LogP contribution is -2.52. The summed E-state index contributed by atoms with van der Waals surface area (Å²) < 4.78 is 5.32. The van der Waals surface area contributed by atoms with Gasteiger partial charge in [-0.25, -0.2) is 23.5 Å². The Morgan fingerprint density at radius 2 is 1.27 bits per heavy atom. The fraction of sp³-hybridized carbons (Fsp3) is 0.481. The van der Waals surface area contributed by atoms with Crippen molar-refractivity contribution in [2.75, 3.05) is 13.1 Å². The van der Waals surface area contributed by atoms with Crippen LogP contribution in [0.5, 0.6) is 0 Å². The van der Waals surface area contributed by atoms with Gasteiger partial charge in [-0.1, -0.05) is 48.5 Å². The van der Waals surface area contributed by atoms with Crippen LogP contribution in [0.3, 0.4) is 0 Å². The largest absolute Gasteiger partial charge is 0.352 e. The Morgan fingerprint density at radius 1 is 0.727 bits per heavy atom. The molecule has 2 bridgehead atoms. The van der Waals surface area contributed by atoms with Crippen LogP contribution in [0.2, 0.25) is 0 Å². The smallest absolute Gasteiger partial charge is 0.299 e. The molecule has 1 saturated heterocycles. The zero-order chi connectivity index (χ0) is 21.7. The number of hydrogen-bond acceptors (Lipinski definition) is 3. The van der Waals surface area contributed by atoms with Crippen LogP contribution in [-0.2, 0) is 6.54 Å². The van der Waals surface area contributed by atoms with Crippen molar-refractivity contribution in [3.63, 3.8) is 0 Å². The van der Waals surface area contributed by atoms with Crippen molar-refractivity contribution < 1.29 is 0 Å². The van der Waals surface area contributed by atoms with Gasteiger partial charge in [0.15, 0.2) is 0 Å². The number of hydrogen-bond donors (Lipinski definition) is 0. The molecule has 6 nitrogen and oxygen atoms in total.